The van der Waals surface area contributed by atoms with Crippen molar-refractivity contribution in [2.24, 2.45) is 5.92 Å². The van der Waals surface area contributed by atoms with Crippen molar-refractivity contribution in [3.8, 4) is 0 Å². The number of halogens is 2. The van der Waals surface area contributed by atoms with Gasteiger partial charge in [0.05, 0.1) is 5.56 Å². The van der Waals surface area contributed by atoms with Crippen molar-refractivity contribution < 1.29 is 18.4 Å². The lowest BCUT2D eigenvalue weighted by Gasteiger charge is -2.31. The number of nitrogens with zero attached hydrogens (tertiary/aromatic N) is 3. The number of carbonyl (C=O) groups excluding carboxylic acids is 2. The molecule has 0 spiro atoms. The SMILES string of the molecule is CN(C)c1cc(CNC(=O)C2CCN(C(=O)c3ccc(F)cc3F)CC2)ccn1. The van der Waals surface area contributed by atoms with Gasteiger partial charge in [-0.25, -0.2) is 13.8 Å². The fourth-order valence-electron chi connectivity index (χ4n) is 3.33. The van der Waals surface area contributed by atoms with Crippen molar-refractivity contribution in [3.63, 3.8) is 0 Å². The van der Waals surface area contributed by atoms with Crippen LogP contribution < -0.4 is 10.2 Å². The van der Waals surface area contributed by atoms with Crippen LogP contribution in [-0.4, -0.2) is 48.9 Å². The molecular weight excluding hydrogens is 378 g/mol. The van der Waals surface area contributed by atoms with Crippen LogP contribution >= 0.6 is 0 Å². The Bertz CT molecular complexity index is 896. The number of carbonyl (C=O) groups is 2. The van der Waals surface area contributed by atoms with E-state index in [0.717, 1.165) is 23.5 Å². The molecule has 8 heteroatoms. The second kappa shape index (κ2) is 8.98. The Kier molecular flexibility index (Phi) is 6.41. The summed E-state index contributed by atoms with van der Waals surface area (Å²) in [6.07, 6.45) is 2.70. The van der Waals surface area contributed by atoms with Crippen LogP contribution in [0.2, 0.25) is 0 Å². The fourth-order valence-corrected chi connectivity index (χ4v) is 3.33. The molecule has 6 nitrogen and oxygen atoms in total. The van der Waals surface area contributed by atoms with Gasteiger partial charge in [0.25, 0.3) is 5.91 Å². The minimum atomic E-state index is -0.871. The highest BCUT2D eigenvalue weighted by Gasteiger charge is 2.28. The van der Waals surface area contributed by atoms with E-state index in [1.165, 1.54) is 4.90 Å². The topological polar surface area (TPSA) is 65.5 Å². The minimum Gasteiger partial charge on any atom is -0.363 e. The molecule has 0 radical (unpaired) electrons. The fraction of sp³-hybridized carbons (Fsp3) is 0.381. The van der Waals surface area contributed by atoms with Gasteiger partial charge in [-0.05, 0) is 42.7 Å². The van der Waals surface area contributed by atoms with E-state index in [1.54, 1.807) is 6.20 Å². The molecule has 1 aromatic heterocycles. The smallest absolute Gasteiger partial charge is 0.256 e. The lowest BCUT2D eigenvalue weighted by atomic mass is 9.95. The number of hydrogen-bond acceptors (Lipinski definition) is 4. The van der Waals surface area contributed by atoms with E-state index >= 15 is 0 Å². The molecule has 3 rings (SSSR count). The second-order valence-electron chi connectivity index (χ2n) is 7.33. The summed E-state index contributed by atoms with van der Waals surface area (Å²) in [7, 11) is 3.80. The van der Waals surface area contributed by atoms with Crippen LogP contribution in [0.4, 0.5) is 14.6 Å². The highest BCUT2D eigenvalue weighted by molar-refractivity contribution is 5.94. The molecule has 1 saturated heterocycles. The summed E-state index contributed by atoms with van der Waals surface area (Å²) in [5, 5.41) is 2.94. The van der Waals surface area contributed by atoms with E-state index in [4.69, 9.17) is 0 Å². The molecule has 1 fully saturated rings. The summed E-state index contributed by atoms with van der Waals surface area (Å²) in [4.78, 5) is 32.6. The normalized spacial score (nSPS) is 14.6. The van der Waals surface area contributed by atoms with Crippen LogP contribution in [0.3, 0.4) is 0 Å². The summed E-state index contributed by atoms with van der Waals surface area (Å²) in [6.45, 7) is 1.11. The van der Waals surface area contributed by atoms with Crippen LogP contribution in [0.25, 0.3) is 0 Å². The lowest BCUT2D eigenvalue weighted by molar-refractivity contribution is -0.126. The molecule has 1 aromatic carbocycles. The number of amides is 2. The first kappa shape index (κ1) is 20.7. The summed E-state index contributed by atoms with van der Waals surface area (Å²) in [6, 6.07) is 6.69. The predicted molar refractivity (Wildman–Crippen MR) is 105 cm³/mol. The van der Waals surface area contributed by atoms with Crippen LogP contribution in [0.5, 0.6) is 0 Å². The Morgan fingerprint density at radius 3 is 2.55 bits per heavy atom. The van der Waals surface area contributed by atoms with Gasteiger partial charge in [-0.1, -0.05) is 0 Å². The number of rotatable bonds is 5. The number of hydrogen-bond donors (Lipinski definition) is 1. The number of likely N-dealkylation sites (tertiary alicyclic amines) is 1. The third-order valence-electron chi connectivity index (χ3n) is 5.05. The molecule has 0 unspecified atom stereocenters. The first-order valence-corrected chi connectivity index (χ1v) is 9.49. The van der Waals surface area contributed by atoms with Crippen LogP contribution in [0, 0.1) is 17.6 Å². The van der Waals surface area contributed by atoms with Gasteiger partial charge in [-0.3, -0.25) is 9.59 Å². The molecule has 2 aromatic rings. The maximum absolute atomic E-state index is 13.8. The number of pyridine rings is 1. The number of piperidine rings is 1. The highest BCUT2D eigenvalue weighted by Crippen LogP contribution is 2.21. The zero-order valence-electron chi connectivity index (χ0n) is 16.5. The van der Waals surface area contributed by atoms with Crippen molar-refractivity contribution in [3.05, 3.63) is 59.3 Å². The quantitative estimate of drug-likeness (QED) is 0.835. The maximum Gasteiger partial charge on any atom is 0.256 e. The Balaban J connectivity index is 1.51. The number of anilines is 1. The molecule has 29 heavy (non-hydrogen) atoms. The second-order valence-corrected chi connectivity index (χ2v) is 7.33. The first-order chi connectivity index (χ1) is 13.8. The van der Waals surface area contributed by atoms with Crippen LogP contribution in [0.15, 0.2) is 36.5 Å². The van der Waals surface area contributed by atoms with Gasteiger partial charge in [-0.2, -0.15) is 0 Å². The predicted octanol–water partition coefficient (Wildman–Crippen LogP) is 2.59. The lowest BCUT2D eigenvalue weighted by Crippen LogP contribution is -2.43. The van der Waals surface area contributed by atoms with Gasteiger partial charge in [0.1, 0.15) is 17.5 Å². The standard InChI is InChI=1S/C21H24F2N4O2/c1-26(2)19-11-14(5-8-24-19)13-25-20(28)15-6-9-27(10-7-15)21(29)17-4-3-16(22)12-18(17)23/h3-5,8,11-12,15H,6-7,9-10,13H2,1-2H3,(H,25,28). The van der Waals surface area contributed by atoms with Gasteiger partial charge in [0.15, 0.2) is 0 Å². The Morgan fingerprint density at radius 2 is 1.90 bits per heavy atom. The highest BCUT2D eigenvalue weighted by atomic mass is 19.1. The largest absolute Gasteiger partial charge is 0.363 e. The van der Waals surface area contributed by atoms with Crippen LogP contribution in [0.1, 0.15) is 28.8 Å². The number of aromatic nitrogens is 1. The molecule has 0 saturated carbocycles. The average Bonchev–Trinajstić information content (AvgIpc) is 2.72. The summed E-state index contributed by atoms with van der Waals surface area (Å²) < 4.78 is 26.9. The summed E-state index contributed by atoms with van der Waals surface area (Å²) >= 11 is 0. The van der Waals surface area contributed by atoms with Crippen molar-refractivity contribution in [2.45, 2.75) is 19.4 Å². The zero-order valence-corrected chi connectivity index (χ0v) is 16.5. The Labute approximate surface area is 168 Å². The van der Waals surface area contributed by atoms with Gasteiger partial charge in [0.2, 0.25) is 5.91 Å². The number of nitrogens with one attached hydrogen (secondary N) is 1. The maximum atomic E-state index is 13.8. The molecule has 0 aliphatic carbocycles. The van der Waals surface area contributed by atoms with Crippen LogP contribution in [-0.2, 0) is 11.3 Å². The minimum absolute atomic E-state index is 0.0618. The molecule has 0 bridgehead atoms. The Morgan fingerprint density at radius 1 is 1.17 bits per heavy atom. The Hall–Kier alpha value is -3.03. The van der Waals surface area contributed by atoms with E-state index in [-0.39, 0.29) is 17.4 Å². The monoisotopic (exact) mass is 402 g/mol. The van der Waals surface area contributed by atoms with Gasteiger partial charge >= 0.3 is 0 Å². The van der Waals surface area contributed by atoms with Crippen molar-refractivity contribution in [1.29, 1.82) is 0 Å². The third-order valence-corrected chi connectivity index (χ3v) is 5.05. The summed E-state index contributed by atoms with van der Waals surface area (Å²) in [5.41, 5.74) is 0.806. The van der Waals surface area contributed by atoms with E-state index in [1.807, 2.05) is 31.1 Å². The molecule has 2 amide bonds. The summed E-state index contributed by atoms with van der Waals surface area (Å²) in [5.74, 6) is -1.52. The molecule has 0 atom stereocenters. The third kappa shape index (κ3) is 5.07. The molecule has 154 valence electrons. The van der Waals surface area contributed by atoms with E-state index in [0.29, 0.717) is 38.5 Å². The average molecular weight is 402 g/mol. The van der Waals surface area contributed by atoms with Gasteiger partial charge < -0.3 is 15.1 Å². The number of benzene rings is 1. The van der Waals surface area contributed by atoms with Crippen molar-refractivity contribution in [2.75, 3.05) is 32.1 Å². The van der Waals surface area contributed by atoms with E-state index in [9.17, 15) is 18.4 Å². The van der Waals surface area contributed by atoms with Crippen molar-refractivity contribution in [1.82, 2.24) is 15.2 Å². The molecular formula is C21H24F2N4O2. The molecule has 1 aliphatic heterocycles. The van der Waals surface area contributed by atoms with Gasteiger partial charge in [-0.15, -0.1) is 0 Å². The van der Waals surface area contributed by atoms with Crippen molar-refractivity contribution >= 4 is 17.6 Å². The molecule has 1 N–H and O–H groups in total. The van der Waals surface area contributed by atoms with E-state index < -0.39 is 17.5 Å². The zero-order chi connectivity index (χ0) is 21.0. The molecule has 2 heterocycles. The van der Waals surface area contributed by atoms with E-state index in [2.05, 4.69) is 10.3 Å². The first-order valence-electron chi connectivity index (χ1n) is 9.49. The van der Waals surface area contributed by atoms with Gasteiger partial charge in [0, 0.05) is 51.9 Å². The molecule has 1 aliphatic rings.